The van der Waals surface area contributed by atoms with Gasteiger partial charge in [-0.1, -0.05) is 30.3 Å². The van der Waals surface area contributed by atoms with Crippen LogP contribution in [0.5, 0.6) is 5.88 Å². The zero-order valence-corrected chi connectivity index (χ0v) is 10.3. The topological polar surface area (TPSA) is 63.7 Å². The van der Waals surface area contributed by atoms with Crippen molar-refractivity contribution in [3.63, 3.8) is 0 Å². The number of benzene rings is 1. The van der Waals surface area contributed by atoms with E-state index in [1.807, 2.05) is 30.3 Å². The number of H-pyrrole nitrogens is 1. The molecule has 0 aliphatic heterocycles. The highest BCUT2D eigenvalue weighted by Gasteiger charge is 2.15. The van der Waals surface area contributed by atoms with Crippen LogP contribution in [-0.2, 0) is 0 Å². The second-order valence-electron chi connectivity index (χ2n) is 3.66. The number of nitrogens with one attached hydrogen (secondary N) is 1. The van der Waals surface area contributed by atoms with Crippen molar-refractivity contribution in [2.45, 2.75) is 0 Å². The third-order valence-electron chi connectivity index (χ3n) is 2.59. The number of halogens is 1. The standard InChI is InChI=1S/C12H9ClN4O/c1-18-11-10-9(14-12(13)15-11)8(16-17-10)7-5-3-2-4-6-7/h2-6H,1H3,(H,16,17). The summed E-state index contributed by atoms with van der Waals surface area (Å²) in [7, 11) is 1.53. The van der Waals surface area contributed by atoms with Gasteiger partial charge in [0.1, 0.15) is 16.7 Å². The molecule has 0 saturated carbocycles. The summed E-state index contributed by atoms with van der Waals surface area (Å²) < 4.78 is 5.15. The first-order chi connectivity index (χ1) is 8.79. The zero-order chi connectivity index (χ0) is 12.5. The van der Waals surface area contributed by atoms with Gasteiger partial charge in [-0.15, -0.1) is 0 Å². The van der Waals surface area contributed by atoms with Crippen molar-refractivity contribution >= 4 is 22.6 Å². The Labute approximate surface area is 108 Å². The van der Waals surface area contributed by atoms with Crippen molar-refractivity contribution < 1.29 is 4.74 Å². The summed E-state index contributed by atoms with van der Waals surface area (Å²) in [5, 5.41) is 7.26. The molecule has 0 spiro atoms. The van der Waals surface area contributed by atoms with E-state index in [9.17, 15) is 0 Å². The van der Waals surface area contributed by atoms with E-state index in [1.165, 1.54) is 7.11 Å². The van der Waals surface area contributed by atoms with Crippen molar-refractivity contribution in [1.82, 2.24) is 20.2 Å². The minimum Gasteiger partial charge on any atom is -0.479 e. The van der Waals surface area contributed by atoms with E-state index in [-0.39, 0.29) is 5.28 Å². The van der Waals surface area contributed by atoms with Crippen molar-refractivity contribution in [2.75, 3.05) is 7.11 Å². The minimum atomic E-state index is 0.137. The van der Waals surface area contributed by atoms with Gasteiger partial charge in [0, 0.05) is 5.56 Å². The van der Waals surface area contributed by atoms with Crippen LogP contribution in [0, 0.1) is 0 Å². The maximum absolute atomic E-state index is 5.88. The largest absolute Gasteiger partial charge is 0.479 e. The lowest BCUT2D eigenvalue weighted by molar-refractivity contribution is 0.401. The molecule has 0 unspecified atom stereocenters. The quantitative estimate of drug-likeness (QED) is 0.720. The summed E-state index contributed by atoms with van der Waals surface area (Å²) in [6, 6.07) is 9.74. The Morgan fingerprint density at radius 1 is 1.17 bits per heavy atom. The Morgan fingerprint density at radius 2 is 1.94 bits per heavy atom. The molecule has 18 heavy (non-hydrogen) atoms. The maximum atomic E-state index is 5.88. The summed E-state index contributed by atoms with van der Waals surface area (Å²) in [6.07, 6.45) is 0. The SMILES string of the molecule is COc1nc(Cl)nc2c(-c3ccccc3)n[nH]c12. The summed E-state index contributed by atoms with van der Waals surface area (Å²) in [6.45, 7) is 0. The Kier molecular flexibility index (Phi) is 2.60. The van der Waals surface area contributed by atoms with E-state index in [0.717, 1.165) is 11.3 Å². The van der Waals surface area contributed by atoms with E-state index >= 15 is 0 Å². The second kappa shape index (κ2) is 4.27. The molecule has 0 aliphatic rings. The molecule has 6 heteroatoms. The molecule has 0 saturated heterocycles. The number of methoxy groups -OCH3 is 1. The van der Waals surface area contributed by atoms with Crippen LogP contribution in [0.1, 0.15) is 0 Å². The molecule has 2 aromatic heterocycles. The lowest BCUT2D eigenvalue weighted by Crippen LogP contribution is -1.92. The summed E-state index contributed by atoms with van der Waals surface area (Å²) in [4.78, 5) is 8.19. The van der Waals surface area contributed by atoms with Crippen LogP contribution in [0.4, 0.5) is 0 Å². The highest BCUT2D eigenvalue weighted by Crippen LogP contribution is 2.29. The molecule has 1 aromatic carbocycles. The van der Waals surface area contributed by atoms with E-state index in [0.29, 0.717) is 16.9 Å². The van der Waals surface area contributed by atoms with Gasteiger partial charge in [-0.05, 0) is 11.6 Å². The highest BCUT2D eigenvalue weighted by atomic mass is 35.5. The molecular formula is C12H9ClN4O. The first-order valence-corrected chi connectivity index (χ1v) is 5.68. The first kappa shape index (κ1) is 11.0. The average molecular weight is 261 g/mol. The van der Waals surface area contributed by atoms with Gasteiger partial charge in [0.15, 0.2) is 0 Å². The van der Waals surface area contributed by atoms with Gasteiger partial charge in [-0.2, -0.15) is 10.1 Å². The monoisotopic (exact) mass is 260 g/mol. The number of fused-ring (bicyclic) bond motifs is 1. The maximum Gasteiger partial charge on any atom is 0.244 e. The third-order valence-corrected chi connectivity index (χ3v) is 2.76. The molecule has 0 fully saturated rings. The number of rotatable bonds is 2. The highest BCUT2D eigenvalue weighted by molar-refractivity contribution is 6.28. The van der Waals surface area contributed by atoms with E-state index in [4.69, 9.17) is 16.3 Å². The Bertz CT molecular complexity index is 696. The van der Waals surface area contributed by atoms with E-state index < -0.39 is 0 Å². The van der Waals surface area contributed by atoms with Crippen LogP contribution in [0.3, 0.4) is 0 Å². The molecule has 0 bridgehead atoms. The van der Waals surface area contributed by atoms with Crippen LogP contribution in [-0.4, -0.2) is 27.3 Å². The molecule has 1 N–H and O–H groups in total. The predicted molar refractivity (Wildman–Crippen MR) is 68.7 cm³/mol. The number of nitrogens with zero attached hydrogens (tertiary/aromatic N) is 3. The summed E-state index contributed by atoms with van der Waals surface area (Å²) in [5.74, 6) is 0.389. The molecule has 0 radical (unpaired) electrons. The fourth-order valence-electron chi connectivity index (χ4n) is 1.80. The Morgan fingerprint density at radius 3 is 2.67 bits per heavy atom. The van der Waals surface area contributed by atoms with Crippen molar-refractivity contribution in [2.24, 2.45) is 0 Å². The second-order valence-corrected chi connectivity index (χ2v) is 4.00. The van der Waals surface area contributed by atoms with Gasteiger partial charge in [0.25, 0.3) is 0 Å². The minimum absolute atomic E-state index is 0.137. The van der Waals surface area contributed by atoms with E-state index in [1.54, 1.807) is 0 Å². The first-order valence-electron chi connectivity index (χ1n) is 5.30. The third kappa shape index (κ3) is 1.69. The lowest BCUT2D eigenvalue weighted by atomic mass is 10.1. The van der Waals surface area contributed by atoms with Gasteiger partial charge in [-0.25, -0.2) is 4.98 Å². The molecule has 5 nitrogen and oxygen atoms in total. The van der Waals surface area contributed by atoms with Crippen LogP contribution < -0.4 is 4.74 Å². The number of aromatic amines is 1. The fraction of sp³-hybridized carbons (Fsp3) is 0.0833. The van der Waals surface area contributed by atoms with Crippen LogP contribution >= 0.6 is 11.6 Å². The van der Waals surface area contributed by atoms with Crippen LogP contribution in [0.2, 0.25) is 5.28 Å². The fourth-order valence-corrected chi connectivity index (χ4v) is 1.96. The lowest BCUT2D eigenvalue weighted by Gasteiger charge is -2.00. The Hall–Kier alpha value is -2.14. The number of hydrogen-bond donors (Lipinski definition) is 1. The van der Waals surface area contributed by atoms with Crippen molar-refractivity contribution in [1.29, 1.82) is 0 Å². The van der Waals surface area contributed by atoms with Gasteiger partial charge in [0.2, 0.25) is 11.2 Å². The number of ether oxygens (including phenoxy) is 1. The van der Waals surface area contributed by atoms with Gasteiger partial charge < -0.3 is 4.74 Å². The van der Waals surface area contributed by atoms with Crippen molar-refractivity contribution in [3.8, 4) is 17.1 Å². The molecular weight excluding hydrogens is 252 g/mol. The van der Waals surface area contributed by atoms with E-state index in [2.05, 4.69) is 20.2 Å². The molecule has 0 amide bonds. The van der Waals surface area contributed by atoms with Crippen LogP contribution in [0.15, 0.2) is 30.3 Å². The van der Waals surface area contributed by atoms with Crippen LogP contribution in [0.25, 0.3) is 22.3 Å². The van der Waals surface area contributed by atoms with Gasteiger partial charge in [0.05, 0.1) is 7.11 Å². The smallest absolute Gasteiger partial charge is 0.244 e. The molecule has 90 valence electrons. The predicted octanol–water partition coefficient (Wildman–Crippen LogP) is 2.68. The zero-order valence-electron chi connectivity index (χ0n) is 9.51. The summed E-state index contributed by atoms with van der Waals surface area (Å²) in [5.41, 5.74) is 2.98. The average Bonchev–Trinajstić information content (AvgIpc) is 2.82. The molecule has 3 aromatic rings. The van der Waals surface area contributed by atoms with Gasteiger partial charge >= 0.3 is 0 Å². The van der Waals surface area contributed by atoms with Gasteiger partial charge in [-0.3, -0.25) is 5.10 Å². The summed E-state index contributed by atoms with van der Waals surface area (Å²) >= 11 is 5.88. The molecule has 0 aliphatic carbocycles. The number of aromatic nitrogens is 4. The number of hydrogen-bond acceptors (Lipinski definition) is 4. The molecule has 3 rings (SSSR count). The molecule has 2 heterocycles. The molecule has 0 atom stereocenters. The van der Waals surface area contributed by atoms with Crippen molar-refractivity contribution in [3.05, 3.63) is 35.6 Å². The Balaban J connectivity index is 2.30. The normalized spacial score (nSPS) is 10.8.